The Morgan fingerprint density at radius 3 is 2.33 bits per heavy atom. The van der Waals surface area contributed by atoms with E-state index in [9.17, 15) is 13.2 Å². The van der Waals surface area contributed by atoms with Crippen LogP contribution in [0, 0.1) is 13.8 Å². The molecule has 1 aromatic carbocycles. The number of ether oxygens (including phenoxy) is 2. The van der Waals surface area contributed by atoms with Crippen molar-refractivity contribution >= 4 is 16.0 Å². The van der Waals surface area contributed by atoms with E-state index in [4.69, 9.17) is 14.6 Å². The zero-order valence-corrected chi connectivity index (χ0v) is 13.5. The summed E-state index contributed by atoms with van der Waals surface area (Å²) < 4.78 is 33.3. The summed E-state index contributed by atoms with van der Waals surface area (Å²) in [5.41, 5.74) is 1.32. The largest absolute Gasteiger partial charge is 0.460 e. The smallest absolute Gasteiger partial charge is 0.338 e. The maximum Gasteiger partial charge on any atom is 0.338 e. The highest BCUT2D eigenvalue weighted by Crippen LogP contribution is 2.20. The molecule has 0 aliphatic carbocycles. The molecule has 7 heteroatoms. The molecule has 2 N–H and O–H groups in total. The second kappa shape index (κ2) is 7.02. The minimum atomic E-state index is -3.88. The van der Waals surface area contributed by atoms with Gasteiger partial charge in [0.05, 0.1) is 23.2 Å². The fraction of sp³-hybridized carbons (Fsp3) is 0.500. The molecule has 6 nitrogen and oxygen atoms in total. The number of hydrogen-bond acceptors (Lipinski definition) is 5. The van der Waals surface area contributed by atoms with Crippen LogP contribution < -0.4 is 5.14 Å². The molecule has 0 atom stereocenters. The average Bonchev–Trinajstić information content (AvgIpc) is 2.32. The van der Waals surface area contributed by atoms with Crippen LogP contribution in [0.5, 0.6) is 0 Å². The summed E-state index contributed by atoms with van der Waals surface area (Å²) in [7, 11) is -3.88. The van der Waals surface area contributed by atoms with Crippen molar-refractivity contribution in [3.05, 3.63) is 28.8 Å². The van der Waals surface area contributed by atoms with Gasteiger partial charge in [-0.3, -0.25) is 0 Å². The summed E-state index contributed by atoms with van der Waals surface area (Å²) in [5, 5.41) is 5.13. The summed E-state index contributed by atoms with van der Waals surface area (Å²) in [4.78, 5) is 11.9. The molecular formula is C14H21NO5S. The van der Waals surface area contributed by atoms with E-state index in [2.05, 4.69) is 0 Å². The molecule has 118 valence electrons. The Morgan fingerprint density at radius 1 is 1.19 bits per heavy atom. The van der Waals surface area contributed by atoms with Crippen LogP contribution in [-0.4, -0.2) is 33.7 Å². The highest BCUT2D eigenvalue weighted by atomic mass is 32.2. The van der Waals surface area contributed by atoms with Crippen LogP contribution in [0.1, 0.15) is 35.3 Å². The fourth-order valence-electron chi connectivity index (χ4n) is 1.85. The van der Waals surface area contributed by atoms with E-state index < -0.39 is 16.0 Å². The van der Waals surface area contributed by atoms with Crippen molar-refractivity contribution in [3.63, 3.8) is 0 Å². The minimum Gasteiger partial charge on any atom is -0.460 e. The van der Waals surface area contributed by atoms with E-state index in [0.29, 0.717) is 11.1 Å². The zero-order valence-electron chi connectivity index (χ0n) is 12.7. The first-order valence-electron chi connectivity index (χ1n) is 6.55. The van der Waals surface area contributed by atoms with Crippen LogP contribution in [0.2, 0.25) is 0 Å². The molecule has 21 heavy (non-hydrogen) atoms. The molecular weight excluding hydrogens is 294 g/mol. The number of rotatable bonds is 6. The second-order valence-electron chi connectivity index (χ2n) is 5.03. The summed E-state index contributed by atoms with van der Waals surface area (Å²) in [6.45, 7) is 7.49. The number of benzene rings is 1. The van der Waals surface area contributed by atoms with Crippen LogP contribution in [0.25, 0.3) is 0 Å². The number of sulfonamides is 1. The third-order valence-corrected chi connectivity index (χ3v) is 3.87. The fourth-order valence-corrected chi connectivity index (χ4v) is 2.64. The van der Waals surface area contributed by atoms with Crippen molar-refractivity contribution < 1.29 is 22.7 Å². The number of esters is 1. The van der Waals surface area contributed by atoms with Gasteiger partial charge in [0.2, 0.25) is 10.0 Å². The van der Waals surface area contributed by atoms with Gasteiger partial charge in [0, 0.05) is 0 Å². The van der Waals surface area contributed by atoms with Gasteiger partial charge >= 0.3 is 5.97 Å². The number of carbonyl (C=O) groups is 1. The Kier molecular flexibility index (Phi) is 5.88. The minimum absolute atomic E-state index is 0.0544. The number of aryl methyl sites for hydroxylation is 2. The van der Waals surface area contributed by atoms with Gasteiger partial charge in [0.25, 0.3) is 0 Å². The summed E-state index contributed by atoms with van der Waals surface area (Å²) in [6.07, 6.45) is 0.0544. The quantitative estimate of drug-likeness (QED) is 0.634. The van der Waals surface area contributed by atoms with Gasteiger partial charge in [-0.1, -0.05) is 6.07 Å². The van der Waals surface area contributed by atoms with E-state index in [1.165, 1.54) is 6.07 Å². The standard InChI is InChI=1S/C14H21NO5S/c1-9(2)19-5-6-20-14(16)12-8-13(21(15,17)18)11(4)7-10(12)3/h7-9H,5-6H2,1-4H3,(H2,15,17,18). The maximum atomic E-state index is 12.0. The monoisotopic (exact) mass is 315 g/mol. The summed E-state index contributed by atoms with van der Waals surface area (Å²) >= 11 is 0. The molecule has 0 fully saturated rings. The van der Waals surface area contributed by atoms with Crippen molar-refractivity contribution in [3.8, 4) is 0 Å². The van der Waals surface area contributed by atoms with Crippen molar-refractivity contribution in [2.45, 2.75) is 38.7 Å². The first-order chi connectivity index (χ1) is 9.62. The van der Waals surface area contributed by atoms with Gasteiger partial charge in [0.1, 0.15) is 6.61 Å². The topological polar surface area (TPSA) is 95.7 Å². The highest BCUT2D eigenvalue weighted by molar-refractivity contribution is 7.89. The van der Waals surface area contributed by atoms with Crippen LogP contribution in [0.15, 0.2) is 17.0 Å². The van der Waals surface area contributed by atoms with E-state index in [0.717, 1.165) is 0 Å². The van der Waals surface area contributed by atoms with Gasteiger partial charge in [-0.05, 0) is 44.9 Å². The lowest BCUT2D eigenvalue weighted by Crippen LogP contribution is -2.17. The van der Waals surface area contributed by atoms with Crippen molar-refractivity contribution in [1.29, 1.82) is 0 Å². The van der Waals surface area contributed by atoms with Crippen molar-refractivity contribution in [2.24, 2.45) is 5.14 Å². The van der Waals surface area contributed by atoms with Crippen LogP contribution in [0.4, 0.5) is 0 Å². The Hall–Kier alpha value is -1.44. The summed E-state index contributed by atoms with van der Waals surface area (Å²) in [5.74, 6) is -0.593. The van der Waals surface area contributed by atoms with Gasteiger partial charge in [-0.2, -0.15) is 0 Å². The maximum absolute atomic E-state index is 12.0. The molecule has 1 rings (SSSR count). The molecule has 0 amide bonds. The molecule has 0 spiro atoms. The number of carbonyl (C=O) groups excluding carboxylic acids is 1. The van der Waals surface area contributed by atoms with Gasteiger partial charge in [-0.25, -0.2) is 18.4 Å². The van der Waals surface area contributed by atoms with Crippen molar-refractivity contribution in [1.82, 2.24) is 0 Å². The van der Waals surface area contributed by atoms with Gasteiger partial charge < -0.3 is 9.47 Å². The molecule has 0 aliphatic rings. The predicted molar refractivity (Wildman–Crippen MR) is 78.7 cm³/mol. The van der Waals surface area contributed by atoms with E-state index >= 15 is 0 Å². The summed E-state index contributed by atoms with van der Waals surface area (Å²) in [6, 6.07) is 2.85. The Balaban J connectivity index is 2.90. The third-order valence-electron chi connectivity index (χ3n) is 2.82. The Bertz CT molecular complexity index is 622. The Labute approximate surface area is 125 Å². The van der Waals surface area contributed by atoms with E-state index in [-0.39, 0.29) is 29.8 Å². The van der Waals surface area contributed by atoms with Crippen LogP contribution in [0.3, 0.4) is 0 Å². The predicted octanol–water partition coefficient (Wildman–Crippen LogP) is 1.53. The van der Waals surface area contributed by atoms with Gasteiger partial charge in [0.15, 0.2) is 0 Å². The average molecular weight is 315 g/mol. The lowest BCUT2D eigenvalue weighted by atomic mass is 10.1. The zero-order chi connectivity index (χ0) is 16.2. The SMILES string of the molecule is Cc1cc(C)c(S(N)(=O)=O)cc1C(=O)OCCOC(C)C. The molecule has 0 aromatic heterocycles. The van der Waals surface area contributed by atoms with Crippen LogP contribution in [-0.2, 0) is 19.5 Å². The molecule has 0 saturated heterocycles. The number of nitrogens with two attached hydrogens (primary N) is 1. The molecule has 0 saturated carbocycles. The first-order valence-corrected chi connectivity index (χ1v) is 8.10. The molecule has 0 radical (unpaired) electrons. The lowest BCUT2D eigenvalue weighted by molar-refractivity contribution is 0.0176. The molecule has 0 bridgehead atoms. The number of primary sulfonamides is 1. The highest BCUT2D eigenvalue weighted by Gasteiger charge is 2.18. The second-order valence-corrected chi connectivity index (χ2v) is 6.56. The molecule has 0 heterocycles. The van der Waals surface area contributed by atoms with E-state index in [1.807, 2.05) is 13.8 Å². The Morgan fingerprint density at radius 2 is 1.81 bits per heavy atom. The van der Waals surface area contributed by atoms with Crippen LogP contribution >= 0.6 is 0 Å². The van der Waals surface area contributed by atoms with E-state index in [1.54, 1.807) is 19.9 Å². The lowest BCUT2D eigenvalue weighted by Gasteiger charge is -2.12. The normalized spacial score (nSPS) is 11.7. The third kappa shape index (κ3) is 5.11. The number of hydrogen-bond donors (Lipinski definition) is 1. The molecule has 1 aromatic rings. The molecule has 0 unspecified atom stereocenters. The first kappa shape index (κ1) is 17.6. The van der Waals surface area contributed by atoms with Gasteiger partial charge in [-0.15, -0.1) is 0 Å². The molecule has 0 aliphatic heterocycles. The van der Waals surface area contributed by atoms with Crippen molar-refractivity contribution in [2.75, 3.05) is 13.2 Å².